The number of aliphatic hydroxyl groups excluding tert-OH is 1. The first-order valence-electron chi connectivity index (χ1n) is 9.64. The molecule has 1 unspecified atom stereocenters. The minimum atomic E-state index is -0.821. The highest BCUT2D eigenvalue weighted by molar-refractivity contribution is 6.17. The fourth-order valence-electron chi connectivity index (χ4n) is 3.62. The minimum Gasteiger partial charge on any atom is -0.481 e. The second-order valence-electron chi connectivity index (χ2n) is 7.69. The van der Waals surface area contributed by atoms with Crippen LogP contribution in [-0.2, 0) is 9.59 Å². The third kappa shape index (κ3) is 8.65. The van der Waals surface area contributed by atoms with Gasteiger partial charge in [-0.3, -0.25) is 9.59 Å². The van der Waals surface area contributed by atoms with Gasteiger partial charge >= 0.3 is 5.97 Å². The molecule has 0 aromatic rings. The maximum Gasteiger partial charge on any atom is 0.303 e. The Labute approximate surface area is 161 Å². The summed E-state index contributed by atoms with van der Waals surface area (Å²) in [5.74, 6) is -0.513. The van der Waals surface area contributed by atoms with Gasteiger partial charge in [-0.25, -0.2) is 0 Å². The van der Waals surface area contributed by atoms with Crippen LogP contribution in [0.15, 0.2) is 12.2 Å². The monoisotopic (exact) mass is 388 g/mol. The van der Waals surface area contributed by atoms with E-state index in [0.717, 1.165) is 32.1 Å². The van der Waals surface area contributed by atoms with Gasteiger partial charge in [0.15, 0.2) is 0 Å². The van der Waals surface area contributed by atoms with Crippen LogP contribution in [-0.4, -0.2) is 44.7 Å². The zero-order valence-corrected chi connectivity index (χ0v) is 16.5. The SMILES string of the molecule is CC(O)(CC=C[C@H]1[C@H](O)CC(=O)[C@@H]1CCCCCCC(=O)O)CCCCl. The smallest absolute Gasteiger partial charge is 0.303 e. The number of carbonyl (C=O) groups is 2. The number of carbonyl (C=O) groups excluding carboxylic acids is 1. The van der Waals surface area contributed by atoms with Crippen LogP contribution in [0.1, 0.15) is 71.1 Å². The molecule has 1 saturated carbocycles. The van der Waals surface area contributed by atoms with E-state index in [1.165, 1.54) is 0 Å². The van der Waals surface area contributed by atoms with Crippen molar-refractivity contribution < 1.29 is 24.9 Å². The number of ketones is 1. The van der Waals surface area contributed by atoms with Crippen molar-refractivity contribution in [3.05, 3.63) is 12.2 Å². The van der Waals surface area contributed by atoms with E-state index in [9.17, 15) is 19.8 Å². The van der Waals surface area contributed by atoms with E-state index in [1.54, 1.807) is 6.92 Å². The summed E-state index contributed by atoms with van der Waals surface area (Å²) in [4.78, 5) is 22.7. The number of aliphatic carboxylic acids is 1. The molecule has 5 nitrogen and oxygen atoms in total. The maximum absolute atomic E-state index is 12.2. The Hall–Kier alpha value is -0.910. The Morgan fingerprint density at radius 2 is 1.96 bits per heavy atom. The number of Topliss-reactive ketones (excluding diaryl/α,β-unsaturated/α-hetero) is 1. The number of carboxylic acid groups (broad SMARTS) is 1. The molecule has 0 radical (unpaired) electrons. The second-order valence-corrected chi connectivity index (χ2v) is 8.07. The predicted molar refractivity (Wildman–Crippen MR) is 102 cm³/mol. The number of aliphatic hydroxyl groups is 2. The topological polar surface area (TPSA) is 94.8 Å². The van der Waals surface area contributed by atoms with Crippen LogP contribution < -0.4 is 0 Å². The molecule has 0 saturated heterocycles. The van der Waals surface area contributed by atoms with Crippen LogP contribution in [0.4, 0.5) is 0 Å². The van der Waals surface area contributed by atoms with Crippen LogP contribution in [0.25, 0.3) is 0 Å². The summed E-state index contributed by atoms with van der Waals surface area (Å²) in [6.45, 7) is 1.77. The molecule has 26 heavy (non-hydrogen) atoms. The first-order chi connectivity index (χ1) is 12.3. The Balaban J connectivity index is 2.44. The van der Waals surface area contributed by atoms with E-state index in [1.807, 2.05) is 12.2 Å². The summed E-state index contributed by atoms with van der Waals surface area (Å²) in [7, 11) is 0. The standard InChI is InChI=1S/C20H33ClO5/c1-20(26,12-7-13-21)11-6-9-16-15(17(22)14-18(16)23)8-4-2-3-5-10-19(24)25/h6,9,15-16,18,23,26H,2-5,7-8,10-14H2,1H3,(H,24,25)/t15-,16-,18-,20?/m1/s1. The van der Waals surface area contributed by atoms with Gasteiger partial charge < -0.3 is 15.3 Å². The highest BCUT2D eigenvalue weighted by atomic mass is 35.5. The van der Waals surface area contributed by atoms with Crippen LogP contribution in [0.3, 0.4) is 0 Å². The van der Waals surface area contributed by atoms with Gasteiger partial charge in [0, 0.05) is 30.6 Å². The van der Waals surface area contributed by atoms with Gasteiger partial charge in [-0.05, 0) is 39.0 Å². The molecule has 0 heterocycles. The molecule has 0 bridgehead atoms. The molecule has 6 heteroatoms. The van der Waals surface area contributed by atoms with Crippen molar-refractivity contribution in [3.63, 3.8) is 0 Å². The van der Waals surface area contributed by atoms with Gasteiger partial charge in [-0.15, -0.1) is 11.6 Å². The summed E-state index contributed by atoms with van der Waals surface area (Å²) < 4.78 is 0. The molecule has 150 valence electrons. The van der Waals surface area contributed by atoms with Crippen molar-refractivity contribution in [2.75, 3.05) is 5.88 Å². The van der Waals surface area contributed by atoms with Gasteiger partial charge in [0.1, 0.15) is 5.78 Å². The van der Waals surface area contributed by atoms with Crippen molar-refractivity contribution in [3.8, 4) is 0 Å². The molecule has 1 aliphatic rings. The number of rotatable bonds is 13. The zero-order valence-electron chi connectivity index (χ0n) is 15.7. The Bertz CT molecular complexity index is 475. The first kappa shape index (κ1) is 23.1. The van der Waals surface area contributed by atoms with Gasteiger partial charge in [0.25, 0.3) is 0 Å². The maximum atomic E-state index is 12.2. The highest BCUT2D eigenvalue weighted by Crippen LogP contribution is 2.34. The van der Waals surface area contributed by atoms with Crippen LogP contribution in [0, 0.1) is 11.8 Å². The number of hydrogen-bond donors (Lipinski definition) is 3. The quantitative estimate of drug-likeness (QED) is 0.254. The molecule has 1 rings (SSSR count). The van der Waals surface area contributed by atoms with Gasteiger partial charge in [-0.1, -0.05) is 31.4 Å². The van der Waals surface area contributed by atoms with Crippen LogP contribution in [0.5, 0.6) is 0 Å². The molecule has 0 spiro atoms. The lowest BCUT2D eigenvalue weighted by Crippen LogP contribution is -2.23. The number of carboxylic acids is 1. The molecule has 0 aromatic heterocycles. The predicted octanol–water partition coefficient (Wildman–Crippen LogP) is 3.69. The Morgan fingerprint density at radius 3 is 2.62 bits per heavy atom. The molecule has 1 fully saturated rings. The van der Waals surface area contributed by atoms with Crippen LogP contribution in [0.2, 0.25) is 0 Å². The molecule has 0 aliphatic heterocycles. The normalized spacial score (nSPS) is 25.7. The first-order valence-corrected chi connectivity index (χ1v) is 10.2. The van der Waals surface area contributed by atoms with E-state index >= 15 is 0 Å². The average Bonchev–Trinajstić information content (AvgIpc) is 2.82. The zero-order chi connectivity index (χ0) is 19.6. The molecule has 0 aromatic carbocycles. The molecule has 0 amide bonds. The van der Waals surface area contributed by atoms with Gasteiger partial charge in [0.2, 0.25) is 0 Å². The molecule has 4 atom stereocenters. The van der Waals surface area contributed by atoms with E-state index in [-0.39, 0.29) is 30.5 Å². The molecule has 1 aliphatic carbocycles. The number of halogens is 1. The van der Waals surface area contributed by atoms with E-state index in [0.29, 0.717) is 25.1 Å². The lowest BCUT2D eigenvalue weighted by atomic mass is 9.87. The van der Waals surface area contributed by atoms with Crippen molar-refractivity contribution in [2.24, 2.45) is 11.8 Å². The molecule has 3 N–H and O–H groups in total. The van der Waals surface area contributed by atoms with Crippen molar-refractivity contribution in [1.82, 2.24) is 0 Å². The number of alkyl halides is 1. The van der Waals surface area contributed by atoms with Crippen LogP contribution >= 0.6 is 11.6 Å². The van der Waals surface area contributed by atoms with Crippen molar-refractivity contribution in [2.45, 2.75) is 82.8 Å². The third-order valence-electron chi connectivity index (χ3n) is 5.15. The van der Waals surface area contributed by atoms with E-state index < -0.39 is 17.7 Å². The summed E-state index contributed by atoms with van der Waals surface area (Å²) in [6, 6.07) is 0. The van der Waals surface area contributed by atoms with Gasteiger partial charge in [-0.2, -0.15) is 0 Å². The lowest BCUT2D eigenvalue weighted by molar-refractivity contribution is -0.137. The van der Waals surface area contributed by atoms with Crippen molar-refractivity contribution in [1.29, 1.82) is 0 Å². The summed E-state index contributed by atoms with van der Waals surface area (Å²) in [5, 5.41) is 29.1. The highest BCUT2D eigenvalue weighted by Gasteiger charge is 2.39. The molecular weight excluding hydrogens is 356 g/mol. The van der Waals surface area contributed by atoms with E-state index in [2.05, 4.69) is 0 Å². The summed E-state index contributed by atoms with van der Waals surface area (Å²) in [6.07, 6.45) is 9.34. The fourth-order valence-corrected chi connectivity index (χ4v) is 3.75. The average molecular weight is 389 g/mol. The summed E-state index contributed by atoms with van der Waals surface area (Å²) >= 11 is 5.67. The Morgan fingerprint density at radius 1 is 1.27 bits per heavy atom. The number of hydrogen-bond acceptors (Lipinski definition) is 4. The van der Waals surface area contributed by atoms with Gasteiger partial charge in [0.05, 0.1) is 11.7 Å². The lowest BCUT2D eigenvalue weighted by Gasteiger charge is -2.22. The summed E-state index contributed by atoms with van der Waals surface area (Å²) in [5.41, 5.74) is -0.821. The fraction of sp³-hybridized carbons (Fsp3) is 0.800. The minimum absolute atomic E-state index is 0.103. The number of unbranched alkanes of at least 4 members (excludes halogenated alkanes) is 3. The van der Waals surface area contributed by atoms with E-state index in [4.69, 9.17) is 16.7 Å². The van der Waals surface area contributed by atoms with Crippen molar-refractivity contribution >= 4 is 23.4 Å². The second kappa shape index (κ2) is 11.7. The Kier molecular flexibility index (Phi) is 10.4. The third-order valence-corrected chi connectivity index (χ3v) is 5.42. The molecular formula is C20H33ClO5. The largest absolute Gasteiger partial charge is 0.481 e.